The van der Waals surface area contributed by atoms with Crippen LogP contribution in [-0.4, -0.2) is 32.3 Å². The molecule has 2 aromatic heterocycles. The number of rotatable bonds is 4. The van der Waals surface area contributed by atoms with E-state index in [-0.39, 0.29) is 5.91 Å². The number of carbonyl (C=O) groups excluding carboxylic acids is 1. The summed E-state index contributed by atoms with van der Waals surface area (Å²) in [5.41, 5.74) is 3.78. The quantitative estimate of drug-likeness (QED) is 0.895. The first-order valence-electron chi connectivity index (χ1n) is 9.55. The number of fused-ring (bicyclic) bond motifs is 1. The second-order valence-electron chi connectivity index (χ2n) is 8.55. The Labute approximate surface area is 161 Å². The summed E-state index contributed by atoms with van der Waals surface area (Å²) in [4.78, 5) is 28.2. The van der Waals surface area contributed by atoms with E-state index in [9.17, 15) is 4.79 Å². The number of anilines is 1. The molecule has 0 atom stereocenters. The summed E-state index contributed by atoms with van der Waals surface area (Å²) in [5, 5.41) is 3.05. The molecule has 3 heterocycles. The molecule has 0 fully saturated rings. The van der Waals surface area contributed by atoms with Crippen LogP contribution in [0.1, 0.15) is 63.2 Å². The van der Waals surface area contributed by atoms with Crippen LogP contribution in [0.2, 0.25) is 0 Å². The first kappa shape index (κ1) is 19.4. The van der Waals surface area contributed by atoms with E-state index in [0.29, 0.717) is 5.92 Å². The van der Waals surface area contributed by atoms with Crippen LogP contribution in [0.25, 0.3) is 0 Å². The van der Waals surface area contributed by atoms with E-state index in [4.69, 9.17) is 4.98 Å². The molecule has 1 aliphatic heterocycles. The van der Waals surface area contributed by atoms with Gasteiger partial charge < -0.3 is 5.32 Å². The van der Waals surface area contributed by atoms with Crippen molar-refractivity contribution in [2.45, 2.75) is 60.0 Å². The van der Waals surface area contributed by atoms with Gasteiger partial charge >= 0.3 is 0 Å². The zero-order valence-corrected chi connectivity index (χ0v) is 16.9. The van der Waals surface area contributed by atoms with E-state index in [2.05, 4.69) is 34.0 Å². The first-order chi connectivity index (χ1) is 12.7. The largest absolute Gasteiger partial charge is 0.325 e. The van der Waals surface area contributed by atoms with Crippen molar-refractivity contribution in [3.05, 3.63) is 47.3 Å². The van der Waals surface area contributed by atoms with Crippen LogP contribution >= 0.6 is 0 Å². The molecule has 1 amide bonds. The number of nitrogens with one attached hydrogen (secondary N) is 1. The Morgan fingerprint density at radius 2 is 2.07 bits per heavy atom. The molecule has 0 radical (unpaired) electrons. The smallest absolute Gasteiger partial charge is 0.229 e. The summed E-state index contributed by atoms with van der Waals surface area (Å²) in [6, 6.07) is 1.87. The van der Waals surface area contributed by atoms with Gasteiger partial charge in [-0.15, -0.1) is 0 Å². The van der Waals surface area contributed by atoms with Gasteiger partial charge in [0.1, 0.15) is 5.82 Å². The molecule has 2 aromatic rings. The van der Waals surface area contributed by atoms with Crippen LogP contribution in [0.15, 0.2) is 24.7 Å². The van der Waals surface area contributed by atoms with Crippen LogP contribution < -0.4 is 5.32 Å². The van der Waals surface area contributed by atoms with E-state index < -0.39 is 5.41 Å². The molecule has 0 saturated carbocycles. The highest BCUT2D eigenvalue weighted by atomic mass is 16.2. The van der Waals surface area contributed by atoms with Crippen LogP contribution in [0, 0.1) is 5.41 Å². The highest BCUT2D eigenvalue weighted by Gasteiger charge is 2.23. The first-order valence-corrected chi connectivity index (χ1v) is 9.55. The van der Waals surface area contributed by atoms with Crippen molar-refractivity contribution in [2.75, 3.05) is 11.9 Å². The van der Waals surface area contributed by atoms with Gasteiger partial charge in [-0.3, -0.25) is 14.7 Å². The lowest BCUT2D eigenvalue weighted by molar-refractivity contribution is -0.123. The van der Waals surface area contributed by atoms with Crippen molar-refractivity contribution < 1.29 is 4.79 Å². The molecule has 0 bridgehead atoms. The summed E-state index contributed by atoms with van der Waals surface area (Å²) in [5.74, 6) is 1.27. The van der Waals surface area contributed by atoms with E-state index in [0.717, 1.165) is 48.8 Å². The topological polar surface area (TPSA) is 71.0 Å². The van der Waals surface area contributed by atoms with Crippen molar-refractivity contribution >= 4 is 11.6 Å². The molecule has 3 rings (SSSR count). The van der Waals surface area contributed by atoms with Gasteiger partial charge in [0.05, 0.1) is 0 Å². The fraction of sp³-hybridized carbons (Fsp3) is 0.524. The van der Waals surface area contributed by atoms with Crippen molar-refractivity contribution in [3.8, 4) is 0 Å². The number of amides is 1. The Hall–Kier alpha value is -2.34. The van der Waals surface area contributed by atoms with Gasteiger partial charge in [0.2, 0.25) is 5.91 Å². The number of carbonyl (C=O) groups is 1. The van der Waals surface area contributed by atoms with Gasteiger partial charge in [0, 0.05) is 78.5 Å². The average Bonchev–Trinajstić information content (AvgIpc) is 2.62. The second-order valence-corrected chi connectivity index (χ2v) is 8.55. The molecule has 0 spiro atoms. The third kappa shape index (κ3) is 4.69. The SMILES string of the molecule is CC(C)c1ncc2c(n1)CCN(Cc1cnccc1NC(=O)C(C)(C)C)C2. The Morgan fingerprint density at radius 3 is 2.78 bits per heavy atom. The monoisotopic (exact) mass is 367 g/mol. The van der Waals surface area contributed by atoms with Crippen molar-refractivity contribution in [1.82, 2.24) is 19.9 Å². The zero-order chi connectivity index (χ0) is 19.6. The molecule has 0 saturated heterocycles. The Bertz CT molecular complexity index is 826. The van der Waals surface area contributed by atoms with Gasteiger partial charge in [-0.25, -0.2) is 9.97 Å². The number of hydrogen-bond donors (Lipinski definition) is 1. The second kappa shape index (κ2) is 7.72. The summed E-state index contributed by atoms with van der Waals surface area (Å²) >= 11 is 0. The van der Waals surface area contributed by atoms with Crippen molar-refractivity contribution in [3.63, 3.8) is 0 Å². The standard InChI is InChI=1S/C21H29N5O/c1-14(2)19-23-11-16-13-26(9-7-18(16)24-19)12-15-10-22-8-6-17(15)25-20(27)21(3,4)5/h6,8,10-11,14H,7,9,12-13H2,1-5H3,(H,22,25,27). The summed E-state index contributed by atoms with van der Waals surface area (Å²) in [6.45, 7) is 12.5. The molecule has 6 nitrogen and oxygen atoms in total. The predicted octanol–water partition coefficient (Wildman–Crippen LogP) is 3.54. The van der Waals surface area contributed by atoms with E-state index in [1.165, 1.54) is 5.56 Å². The fourth-order valence-corrected chi connectivity index (χ4v) is 3.03. The maximum atomic E-state index is 12.4. The maximum absolute atomic E-state index is 12.4. The maximum Gasteiger partial charge on any atom is 0.229 e. The van der Waals surface area contributed by atoms with Crippen LogP contribution in [0.3, 0.4) is 0 Å². The van der Waals surface area contributed by atoms with Crippen molar-refractivity contribution in [2.24, 2.45) is 5.41 Å². The normalized spacial score (nSPS) is 14.9. The summed E-state index contributed by atoms with van der Waals surface area (Å²) in [7, 11) is 0. The molecule has 1 N–H and O–H groups in total. The minimum Gasteiger partial charge on any atom is -0.325 e. The fourth-order valence-electron chi connectivity index (χ4n) is 3.03. The Kier molecular flexibility index (Phi) is 5.56. The molecule has 0 unspecified atom stereocenters. The van der Waals surface area contributed by atoms with E-state index >= 15 is 0 Å². The van der Waals surface area contributed by atoms with Gasteiger partial charge in [-0.2, -0.15) is 0 Å². The third-order valence-electron chi connectivity index (χ3n) is 4.77. The van der Waals surface area contributed by atoms with E-state index in [1.807, 2.05) is 39.2 Å². The Morgan fingerprint density at radius 1 is 1.30 bits per heavy atom. The average molecular weight is 367 g/mol. The van der Waals surface area contributed by atoms with Gasteiger partial charge in [0.15, 0.2) is 0 Å². The van der Waals surface area contributed by atoms with Crippen LogP contribution in [-0.2, 0) is 24.3 Å². The summed E-state index contributed by atoms with van der Waals surface area (Å²) in [6.07, 6.45) is 6.44. The molecule has 27 heavy (non-hydrogen) atoms. The molecular weight excluding hydrogens is 338 g/mol. The minimum atomic E-state index is -0.434. The molecule has 6 heteroatoms. The van der Waals surface area contributed by atoms with E-state index in [1.54, 1.807) is 6.20 Å². The number of aromatic nitrogens is 3. The van der Waals surface area contributed by atoms with Crippen molar-refractivity contribution in [1.29, 1.82) is 0 Å². The highest BCUT2D eigenvalue weighted by molar-refractivity contribution is 5.95. The minimum absolute atomic E-state index is 0.00792. The third-order valence-corrected chi connectivity index (χ3v) is 4.77. The van der Waals surface area contributed by atoms with Gasteiger partial charge in [-0.1, -0.05) is 34.6 Å². The zero-order valence-electron chi connectivity index (χ0n) is 16.9. The number of hydrogen-bond acceptors (Lipinski definition) is 5. The Balaban J connectivity index is 1.73. The van der Waals surface area contributed by atoms with Gasteiger partial charge in [0.25, 0.3) is 0 Å². The number of pyridine rings is 1. The molecule has 1 aliphatic rings. The lowest BCUT2D eigenvalue weighted by Gasteiger charge is -2.29. The van der Waals surface area contributed by atoms with Gasteiger partial charge in [-0.05, 0) is 6.07 Å². The molecule has 0 aromatic carbocycles. The summed E-state index contributed by atoms with van der Waals surface area (Å²) < 4.78 is 0. The van der Waals surface area contributed by atoms with Crippen LogP contribution in [0.4, 0.5) is 5.69 Å². The highest BCUT2D eigenvalue weighted by Crippen LogP contribution is 2.24. The lowest BCUT2D eigenvalue weighted by atomic mass is 9.95. The molecule has 144 valence electrons. The molecular formula is C21H29N5O. The molecule has 0 aliphatic carbocycles. The number of nitrogens with zero attached hydrogens (tertiary/aromatic N) is 4. The predicted molar refractivity (Wildman–Crippen MR) is 106 cm³/mol. The lowest BCUT2D eigenvalue weighted by Crippen LogP contribution is -2.32. The van der Waals surface area contributed by atoms with Crippen LogP contribution in [0.5, 0.6) is 0 Å².